The smallest absolute Gasteiger partial charge is 0.236 e. The van der Waals surface area contributed by atoms with E-state index in [9.17, 15) is 4.79 Å². The van der Waals surface area contributed by atoms with Gasteiger partial charge in [0.05, 0.1) is 12.4 Å². The van der Waals surface area contributed by atoms with Gasteiger partial charge in [0, 0.05) is 17.5 Å². The van der Waals surface area contributed by atoms with Gasteiger partial charge in [0.15, 0.2) is 5.13 Å². The lowest BCUT2D eigenvalue weighted by Gasteiger charge is -2.01. The molecular weight excluding hydrogens is 328 g/mol. The van der Waals surface area contributed by atoms with Crippen LogP contribution in [-0.2, 0) is 11.2 Å². The molecule has 1 aromatic heterocycles. The van der Waals surface area contributed by atoms with Gasteiger partial charge in [0.1, 0.15) is 5.75 Å². The Bertz CT molecular complexity index is 554. The lowest BCUT2D eigenvalue weighted by atomic mass is 10.1. The molecule has 0 saturated carbocycles. The topological polar surface area (TPSA) is 51.2 Å². The summed E-state index contributed by atoms with van der Waals surface area (Å²) in [5.41, 5.74) is 1.18. The van der Waals surface area contributed by atoms with Crippen molar-refractivity contribution in [3.63, 3.8) is 0 Å². The normalized spacial score (nSPS) is 10.2. The molecule has 1 aromatic carbocycles. The van der Waals surface area contributed by atoms with Crippen LogP contribution in [0.4, 0.5) is 5.13 Å². The number of amides is 1. The van der Waals surface area contributed by atoms with E-state index in [4.69, 9.17) is 4.74 Å². The van der Waals surface area contributed by atoms with Gasteiger partial charge in [-0.2, -0.15) is 0 Å². The Morgan fingerprint density at radius 3 is 2.79 bits per heavy atom. The van der Waals surface area contributed by atoms with Gasteiger partial charge in [-0.1, -0.05) is 28.1 Å². The molecule has 0 bridgehead atoms. The van der Waals surface area contributed by atoms with Crippen LogP contribution in [0, 0.1) is 0 Å². The largest absolute Gasteiger partial charge is 0.497 e. The van der Waals surface area contributed by atoms with Gasteiger partial charge < -0.3 is 10.1 Å². The first-order chi connectivity index (χ1) is 9.21. The van der Waals surface area contributed by atoms with E-state index >= 15 is 0 Å². The van der Waals surface area contributed by atoms with Crippen LogP contribution in [0.1, 0.15) is 10.4 Å². The summed E-state index contributed by atoms with van der Waals surface area (Å²) in [4.78, 5) is 16.5. The summed E-state index contributed by atoms with van der Waals surface area (Å²) in [5, 5.41) is 3.63. The van der Waals surface area contributed by atoms with Crippen molar-refractivity contribution in [2.24, 2.45) is 0 Å². The maximum Gasteiger partial charge on any atom is 0.236 e. The first kappa shape index (κ1) is 14.0. The molecule has 0 atom stereocenters. The molecule has 4 nitrogen and oxygen atoms in total. The van der Waals surface area contributed by atoms with Crippen molar-refractivity contribution in [3.8, 4) is 5.75 Å². The maximum absolute atomic E-state index is 11.2. The van der Waals surface area contributed by atoms with Crippen molar-refractivity contribution < 1.29 is 9.53 Å². The summed E-state index contributed by atoms with van der Waals surface area (Å²) in [5.74, 6) is 0.753. The second-order valence-electron chi connectivity index (χ2n) is 3.84. The molecule has 0 fully saturated rings. The molecule has 2 aromatic rings. The predicted octanol–water partition coefficient (Wildman–Crippen LogP) is 3.08. The van der Waals surface area contributed by atoms with Crippen LogP contribution in [0.2, 0.25) is 0 Å². The zero-order valence-electron chi connectivity index (χ0n) is 10.4. The third-order valence-corrected chi connectivity index (χ3v) is 3.88. The maximum atomic E-state index is 11.2. The number of benzene rings is 1. The van der Waals surface area contributed by atoms with Crippen molar-refractivity contribution in [1.29, 1.82) is 0 Å². The lowest BCUT2D eigenvalue weighted by Crippen LogP contribution is -2.11. The summed E-state index contributed by atoms with van der Waals surface area (Å²) in [6.07, 6.45) is 2.59. The standard InChI is InChI=1S/C13H13BrN2O2S/c1-18-10-4-2-9(3-5-10)6-11-8-15-13(19-11)16-12(17)7-14/h2-5,8H,6-7H2,1H3,(H,15,16,17). The van der Waals surface area contributed by atoms with Crippen molar-refractivity contribution in [2.45, 2.75) is 6.42 Å². The molecule has 0 aliphatic rings. The first-order valence-electron chi connectivity index (χ1n) is 5.64. The Morgan fingerprint density at radius 1 is 1.42 bits per heavy atom. The van der Waals surface area contributed by atoms with Crippen molar-refractivity contribution in [1.82, 2.24) is 4.98 Å². The number of nitrogens with zero attached hydrogens (tertiary/aromatic N) is 1. The van der Waals surface area contributed by atoms with E-state index in [1.165, 1.54) is 16.9 Å². The van der Waals surface area contributed by atoms with E-state index in [0.29, 0.717) is 5.13 Å². The molecule has 2 rings (SSSR count). The molecule has 0 radical (unpaired) electrons. The van der Waals surface area contributed by atoms with Gasteiger partial charge >= 0.3 is 0 Å². The van der Waals surface area contributed by atoms with Gasteiger partial charge in [-0.3, -0.25) is 4.79 Å². The van der Waals surface area contributed by atoms with Crippen LogP contribution in [0.25, 0.3) is 0 Å². The van der Waals surface area contributed by atoms with E-state index in [2.05, 4.69) is 26.2 Å². The Hall–Kier alpha value is -1.40. The third-order valence-electron chi connectivity index (χ3n) is 2.46. The Labute approximate surface area is 124 Å². The fraction of sp³-hybridized carbons (Fsp3) is 0.231. The average Bonchev–Trinajstić information content (AvgIpc) is 2.86. The fourth-order valence-corrected chi connectivity index (χ4v) is 2.55. The van der Waals surface area contributed by atoms with Crippen molar-refractivity contribution in [2.75, 3.05) is 17.8 Å². The van der Waals surface area contributed by atoms with Gasteiger partial charge in [-0.15, -0.1) is 11.3 Å². The van der Waals surface area contributed by atoms with Crippen LogP contribution in [0.3, 0.4) is 0 Å². The number of aromatic nitrogens is 1. The van der Waals surface area contributed by atoms with Crippen LogP contribution < -0.4 is 10.1 Å². The van der Waals surface area contributed by atoms with Gasteiger partial charge in [-0.05, 0) is 17.7 Å². The Balaban J connectivity index is 2.00. The van der Waals surface area contributed by atoms with Crippen LogP contribution in [-0.4, -0.2) is 23.3 Å². The molecule has 0 aliphatic carbocycles. The third kappa shape index (κ3) is 4.04. The highest BCUT2D eigenvalue weighted by Crippen LogP contribution is 2.22. The second kappa shape index (κ2) is 6.68. The zero-order valence-corrected chi connectivity index (χ0v) is 12.8. The van der Waals surface area contributed by atoms with E-state index < -0.39 is 0 Å². The minimum absolute atomic E-state index is 0.0923. The highest BCUT2D eigenvalue weighted by molar-refractivity contribution is 9.09. The molecule has 0 saturated heterocycles. The Kier molecular flexibility index (Phi) is 4.93. The van der Waals surface area contributed by atoms with Crippen LogP contribution >= 0.6 is 27.3 Å². The van der Waals surface area contributed by atoms with Gasteiger partial charge in [0.25, 0.3) is 0 Å². The first-order valence-corrected chi connectivity index (χ1v) is 7.58. The number of carbonyl (C=O) groups excluding carboxylic acids is 1. The number of rotatable bonds is 5. The number of nitrogens with one attached hydrogen (secondary N) is 1. The molecule has 1 amide bonds. The highest BCUT2D eigenvalue weighted by atomic mass is 79.9. The average molecular weight is 341 g/mol. The number of ether oxygens (including phenoxy) is 1. The molecule has 1 heterocycles. The molecule has 19 heavy (non-hydrogen) atoms. The summed E-state index contributed by atoms with van der Waals surface area (Å²) in [6, 6.07) is 7.92. The van der Waals surface area contributed by atoms with E-state index in [0.717, 1.165) is 17.0 Å². The van der Waals surface area contributed by atoms with Crippen molar-refractivity contribution in [3.05, 3.63) is 40.9 Å². The van der Waals surface area contributed by atoms with E-state index in [1.807, 2.05) is 24.3 Å². The molecule has 100 valence electrons. The quantitative estimate of drug-likeness (QED) is 0.851. The van der Waals surface area contributed by atoms with Crippen LogP contribution in [0.5, 0.6) is 5.75 Å². The predicted molar refractivity (Wildman–Crippen MR) is 80.3 cm³/mol. The lowest BCUT2D eigenvalue weighted by molar-refractivity contribution is -0.113. The number of anilines is 1. The number of hydrogen-bond acceptors (Lipinski definition) is 4. The summed E-state index contributed by atoms with van der Waals surface area (Å²) in [6.45, 7) is 0. The van der Waals surface area contributed by atoms with Crippen LogP contribution in [0.15, 0.2) is 30.5 Å². The monoisotopic (exact) mass is 340 g/mol. The molecule has 1 N–H and O–H groups in total. The SMILES string of the molecule is COc1ccc(Cc2cnc(NC(=O)CBr)s2)cc1. The molecule has 0 spiro atoms. The number of hydrogen-bond donors (Lipinski definition) is 1. The Morgan fingerprint density at radius 2 is 2.16 bits per heavy atom. The summed E-state index contributed by atoms with van der Waals surface area (Å²) in [7, 11) is 1.65. The number of halogens is 1. The van der Waals surface area contributed by atoms with Gasteiger partial charge in [0.2, 0.25) is 5.91 Å². The number of thiazole rings is 1. The molecule has 0 aliphatic heterocycles. The van der Waals surface area contributed by atoms with E-state index in [-0.39, 0.29) is 11.2 Å². The highest BCUT2D eigenvalue weighted by Gasteiger charge is 2.06. The van der Waals surface area contributed by atoms with Crippen molar-refractivity contribution >= 4 is 38.3 Å². The molecule has 0 unspecified atom stereocenters. The number of carbonyl (C=O) groups is 1. The summed E-state index contributed by atoms with van der Waals surface area (Å²) >= 11 is 4.59. The number of alkyl halides is 1. The minimum atomic E-state index is -0.0923. The molecular formula is C13H13BrN2O2S. The van der Waals surface area contributed by atoms with Gasteiger partial charge in [-0.25, -0.2) is 4.98 Å². The summed E-state index contributed by atoms with van der Waals surface area (Å²) < 4.78 is 5.12. The minimum Gasteiger partial charge on any atom is -0.497 e. The second-order valence-corrected chi connectivity index (χ2v) is 5.51. The number of methoxy groups -OCH3 is 1. The molecule has 6 heteroatoms. The zero-order chi connectivity index (χ0) is 13.7. The van der Waals surface area contributed by atoms with E-state index in [1.54, 1.807) is 13.3 Å². The fourth-order valence-electron chi connectivity index (χ4n) is 1.54.